The van der Waals surface area contributed by atoms with Crippen LogP contribution >= 0.6 is 0 Å². The fourth-order valence-electron chi connectivity index (χ4n) is 5.88. The lowest BCUT2D eigenvalue weighted by Crippen LogP contribution is -2.37. The number of carbonyl (C=O) groups excluding carboxylic acids is 1. The lowest BCUT2D eigenvalue weighted by molar-refractivity contribution is -0.143. The number of aromatic nitrogens is 3. The predicted octanol–water partition coefficient (Wildman–Crippen LogP) is 4.95. The van der Waals surface area contributed by atoms with Crippen molar-refractivity contribution in [2.45, 2.75) is 65.6 Å². The largest absolute Gasteiger partial charge is 0.494 e. The van der Waals surface area contributed by atoms with Gasteiger partial charge < -0.3 is 13.7 Å². The third-order valence-electron chi connectivity index (χ3n) is 7.88. The van der Waals surface area contributed by atoms with Crippen LogP contribution in [0.3, 0.4) is 0 Å². The molecule has 1 aromatic heterocycles. The molecule has 11 heteroatoms. The van der Waals surface area contributed by atoms with Crippen molar-refractivity contribution in [2.24, 2.45) is 0 Å². The summed E-state index contributed by atoms with van der Waals surface area (Å²) in [4.78, 5) is 12.9. The first-order valence-corrected chi connectivity index (χ1v) is 15.6. The Bertz CT molecular complexity index is 1770. The Labute approximate surface area is 245 Å². The second-order valence-corrected chi connectivity index (χ2v) is 12.4. The molecule has 0 spiro atoms. The molecule has 0 saturated carbocycles. The number of carbonyl (C=O) groups is 1. The summed E-state index contributed by atoms with van der Waals surface area (Å²) in [7, 11) is -4.01. The molecule has 3 aromatic carbocycles. The summed E-state index contributed by atoms with van der Waals surface area (Å²) in [6.45, 7) is 7.53. The zero-order valence-electron chi connectivity index (χ0n) is 24.0. The van der Waals surface area contributed by atoms with E-state index in [2.05, 4.69) is 10.3 Å². The molecule has 2 unspecified atom stereocenters. The van der Waals surface area contributed by atoms with Crippen LogP contribution in [0.5, 0.6) is 11.5 Å². The maximum atomic E-state index is 13.1. The van der Waals surface area contributed by atoms with Crippen molar-refractivity contribution in [3.8, 4) is 11.5 Å². The Kier molecular flexibility index (Phi) is 7.63. The number of nitrogens with zero attached hydrogens (tertiary/aromatic N) is 4. The van der Waals surface area contributed by atoms with Gasteiger partial charge in [-0.05, 0) is 80.1 Å². The van der Waals surface area contributed by atoms with Crippen LogP contribution in [0.2, 0.25) is 0 Å². The van der Waals surface area contributed by atoms with Gasteiger partial charge in [0.2, 0.25) is 0 Å². The smallest absolute Gasteiger partial charge is 0.385 e. The van der Waals surface area contributed by atoms with Crippen molar-refractivity contribution < 1.29 is 26.9 Å². The molecule has 0 fully saturated rings. The molecule has 0 aliphatic carbocycles. The van der Waals surface area contributed by atoms with Gasteiger partial charge in [0.05, 0.1) is 25.2 Å². The summed E-state index contributed by atoms with van der Waals surface area (Å²) < 4.78 is 46.3. The topological polar surface area (TPSA) is 113 Å². The van der Waals surface area contributed by atoms with Crippen molar-refractivity contribution in [1.82, 2.24) is 19.3 Å². The van der Waals surface area contributed by atoms with Crippen LogP contribution in [-0.4, -0.2) is 46.9 Å². The highest BCUT2D eigenvalue weighted by molar-refractivity contribution is 7.84. The molecule has 9 bridgehead atoms. The molecule has 220 valence electrons. The highest BCUT2D eigenvalue weighted by atomic mass is 32.2. The monoisotopic (exact) mass is 590 g/mol. The molecule has 7 rings (SSSR count). The Morgan fingerprint density at radius 3 is 2.76 bits per heavy atom. The van der Waals surface area contributed by atoms with Gasteiger partial charge in [-0.25, -0.2) is 4.68 Å². The van der Waals surface area contributed by atoms with Crippen LogP contribution in [0, 0.1) is 13.8 Å². The van der Waals surface area contributed by atoms with E-state index in [1.165, 1.54) is 4.31 Å². The van der Waals surface area contributed by atoms with Crippen molar-refractivity contribution in [3.05, 3.63) is 81.9 Å². The highest BCUT2D eigenvalue weighted by Gasteiger charge is 2.32. The molecule has 10 nitrogen and oxygen atoms in total. The van der Waals surface area contributed by atoms with Gasteiger partial charge in [-0.15, -0.1) is 5.10 Å². The second kappa shape index (κ2) is 11.4. The lowest BCUT2D eigenvalue weighted by Gasteiger charge is -2.28. The highest BCUT2D eigenvalue weighted by Crippen LogP contribution is 2.36. The lowest BCUT2D eigenvalue weighted by atomic mass is 9.84. The van der Waals surface area contributed by atoms with E-state index in [4.69, 9.17) is 13.7 Å². The van der Waals surface area contributed by atoms with Gasteiger partial charge in [-0.1, -0.05) is 35.0 Å². The van der Waals surface area contributed by atoms with Gasteiger partial charge in [0.15, 0.2) is 0 Å². The summed E-state index contributed by atoms with van der Waals surface area (Å²) in [6.07, 6.45) is 1.79. The summed E-state index contributed by atoms with van der Waals surface area (Å²) in [6, 6.07) is 15.3. The van der Waals surface area contributed by atoms with E-state index >= 15 is 0 Å². The zero-order valence-corrected chi connectivity index (χ0v) is 24.8. The van der Waals surface area contributed by atoms with Gasteiger partial charge >= 0.3 is 16.3 Å². The number of hydrogen-bond acceptors (Lipinski definition) is 8. The van der Waals surface area contributed by atoms with Crippen molar-refractivity contribution in [2.75, 3.05) is 13.2 Å². The fraction of sp³-hybridized carbons (Fsp3) is 0.387. The maximum absolute atomic E-state index is 13.1. The van der Waals surface area contributed by atoms with E-state index in [0.29, 0.717) is 24.7 Å². The van der Waals surface area contributed by atoms with Gasteiger partial charge in [-0.2, -0.15) is 12.7 Å². The van der Waals surface area contributed by atoms with E-state index in [0.717, 1.165) is 57.3 Å². The fourth-order valence-corrected chi connectivity index (χ4v) is 6.98. The molecule has 42 heavy (non-hydrogen) atoms. The number of esters is 1. The average molecular weight is 591 g/mol. The first kappa shape index (κ1) is 28.2. The molecule has 4 aromatic rings. The molecule has 3 aliphatic rings. The van der Waals surface area contributed by atoms with Crippen LogP contribution < -0.4 is 8.92 Å². The third-order valence-corrected chi connectivity index (χ3v) is 9.16. The molecular weight excluding hydrogens is 556 g/mol. The van der Waals surface area contributed by atoms with Crippen LogP contribution in [0.15, 0.2) is 48.5 Å². The average Bonchev–Trinajstić information content (AvgIpc) is 3.35. The summed E-state index contributed by atoms with van der Waals surface area (Å²) in [5.41, 5.74) is 7.03. The number of hydrogen-bond donors (Lipinski definition) is 0. The van der Waals surface area contributed by atoms with E-state index in [1.807, 2.05) is 54.9 Å². The van der Waals surface area contributed by atoms with Gasteiger partial charge in [0, 0.05) is 31.1 Å². The standard InChI is InChI=1S/C31H34N4O6S/c1-4-39-30(36)17-27-23-14-20(2)13-22(15-23)18-34-19-24-16-25(7-10-29(24)41-42(34,37)38)40-12-6-5-11-35-28-9-8-26(27)21(3)31(28)32-33-35/h7-10,13-16,27H,4-6,11-12,17-19H2,1-3H3. The van der Waals surface area contributed by atoms with E-state index in [1.54, 1.807) is 19.1 Å². The molecule has 4 heterocycles. The third kappa shape index (κ3) is 5.58. The second-order valence-electron chi connectivity index (χ2n) is 10.9. The minimum Gasteiger partial charge on any atom is -0.494 e. The van der Waals surface area contributed by atoms with Crippen molar-refractivity contribution >= 4 is 27.3 Å². The maximum Gasteiger partial charge on any atom is 0.385 e. The molecule has 0 amide bonds. The van der Waals surface area contributed by atoms with Crippen LogP contribution in [-0.2, 0) is 39.5 Å². The van der Waals surface area contributed by atoms with Gasteiger partial charge in [0.25, 0.3) is 0 Å². The first-order valence-electron chi connectivity index (χ1n) is 14.3. The Morgan fingerprint density at radius 1 is 1.07 bits per heavy atom. The number of ether oxygens (including phenoxy) is 2. The SMILES string of the molecule is CCOC(=O)CC1c2cc(C)cc(c2)CN2Cc3cc(ccc3OS2(=O)=O)OCCCCn2nnc3c(C)c1ccc32. The molecule has 3 aliphatic heterocycles. The molecular formula is C31H34N4O6S. The van der Waals surface area contributed by atoms with E-state index in [-0.39, 0.29) is 38.0 Å². The minimum atomic E-state index is -4.01. The summed E-state index contributed by atoms with van der Waals surface area (Å²) >= 11 is 0. The molecule has 2 atom stereocenters. The quantitative estimate of drug-likeness (QED) is 0.308. The van der Waals surface area contributed by atoms with Crippen LogP contribution in [0.25, 0.3) is 11.0 Å². The molecule has 0 N–H and O–H groups in total. The van der Waals surface area contributed by atoms with Gasteiger partial charge in [0.1, 0.15) is 17.0 Å². The normalized spacial score (nSPS) is 19.8. The Balaban J connectivity index is 1.47. The van der Waals surface area contributed by atoms with Crippen molar-refractivity contribution in [1.29, 1.82) is 0 Å². The van der Waals surface area contributed by atoms with Gasteiger partial charge in [-0.3, -0.25) is 4.79 Å². The van der Waals surface area contributed by atoms with Crippen LogP contribution in [0.1, 0.15) is 65.5 Å². The molecule has 0 radical (unpaired) electrons. The summed E-state index contributed by atoms with van der Waals surface area (Å²) in [5, 5.41) is 8.94. The van der Waals surface area contributed by atoms with Crippen LogP contribution in [0.4, 0.5) is 0 Å². The zero-order chi connectivity index (χ0) is 29.4. The molecule has 0 saturated heterocycles. The van der Waals surface area contributed by atoms with Crippen molar-refractivity contribution in [3.63, 3.8) is 0 Å². The van der Waals surface area contributed by atoms with E-state index in [9.17, 15) is 13.2 Å². The number of rotatable bonds is 3. The number of aryl methyl sites for hydroxylation is 3. The number of fused-ring (bicyclic) bond motifs is 5. The predicted molar refractivity (Wildman–Crippen MR) is 157 cm³/mol. The van der Waals surface area contributed by atoms with E-state index < -0.39 is 10.3 Å². The first-order chi connectivity index (χ1) is 20.2. The number of benzene rings is 3. The Morgan fingerprint density at radius 2 is 1.93 bits per heavy atom. The summed E-state index contributed by atoms with van der Waals surface area (Å²) in [5.74, 6) is 0.358. The Hall–Kier alpha value is -3.96. The minimum absolute atomic E-state index is 0.111.